The monoisotopic (exact) mass is 243 g/mol. The highest BCUT2D eigenvalue weighted by Crippen LogP contribution is 1.89. The predicted octanol–water partition coefficient (Wildman–Crippen LogP) is 0.358. The number of nitrogens with zero attached hydrogens (tertiary/aromatic N) is 1. The van der Waals surface area contributed by atoms with E-state index in [1.807, 2.05) is 11.9 Å². The smallest absolute Gasteiger partial charge is 0.148 e. The van der Waals surface area contributed by atoms with E-state index in [9.17, 15) is 8.42 Å². The first-order chi connectivity index (χ1) is 4.95. The highest BCUT2D eigenvalue weighted by Gasteiger charge is 2.03. The Morgan fingerprint density at radius 3 is 2.27 bits per heavy atom. The number of halogens is 1. The van der Waals surface area contributed by atoms with Crippen LogP contribution in [0.4, 0.5) is 0 Å². The fraction of sp³-hybridized carbons (Fsp3) is 1.00. The Kier molecular flexibility index (Phi) is 5.29. The molecule has 11 heavy (non-hydrogen) atoms. The largest absolute Gasteiger partial charge is 0.305 e. The highest BCUT2D eigenvalue weighted by molar-refractivity contribution is 9.09. The van der Waals surface area contributed by atoms with Crippen molar-refractivity contribution in [2.45, 2.75) is 0 Å². The van der Waals surface area contributed by atoms with Crippen LogP contribution in [0.2, 0.25) is 0 Å². The van der Waals surface area contributed by atoms with Crippen LogP contribution < -0.4 is 0 Å². The maximum Gasteiger partial charge on any atom is 0.148 e. The number of hydrogen-bond acceptors (Lipinski definition) is 3. The van der Waals surface area contributed by atoms with Gasteiger partial charge in [-0.05, 0) is 7.05 Å². The van der Waals surface area contributed by atoms with Crippen LogP contribution in [0.25, 0.3) is 0 Å². The van der Waals surface area contributed by atoms with Crippen molar-refractivity contribution in [1.29, 1.82) is 0 Å². The minimum atomic E-state index is -2.79. The molecule has 0 spiro atoms. The van der Waals surface area contributed by atoms with Crippen molar-refractivity contribution >= 4 is 25.8 Å². The average Bonchev–Trinajstić information content (AvgIpc) is 1.83. The minimum absolute atomic E-state index is 0.247. The van der Waals surface area contributed by atoms with Gasteiger partial charge in [-0.25, -0.2) is 8.42 Å². The number of alkyl halides is 1. The molecule has 0 aromatic heterocycles. The van der Waals surface area contributed by atoms with Crippen LogP contribution in [-0.4, -0.2) is 50.8 Å². The Morgan fingerprint density at radius 2 is 1.91 bits per heavy atom. The van der Waals surface area contributed by atoms with Gasteiger partial charge in [-0.15, -0.1) is 0 Å². The summed E-state index contributed by atoms with van der Waals surface area (Å²) in [5.74, 6) is 0.247. The summed E-state index contributed by atoms with van der Waals surface area (Å²) in [5, 5.41) is 0.882. The van der Waals surface area contributed by atoms with Crippen LogP contribution in [0, 0.1) is 0 Å². The summed E-state index contributed by atoms with van der Waals surface area (Å²) < 4.78 is 21.4. The van der Waals surface area contributed by atoms with Crippen molar-refractivity contribution in [3.63, 3.8) is 0 Å². The lowest BCUT2D eigenvalue weighted by molar-refractivity contribution is 0.378. The van der Waals surface area contributed by atoms with Gasteiger partial charge >= 0.3 is 0 Å². The van der Waals surface area contributed by atoms with Crippen molar-refractivity contribution in [2.24, 2.45) is 0 Å². The molecule has 0 unspecified atom stereocenters. The van der Waals surface area contributed by atoms with Gasteiger partial charge in [0.1, 0.15) is 9.84 Å². The van der Waals surface area contributed by atoms with Crippen molar-refractivity contribution in [3.8, 4) is 0 Å². The molecule has 5 heteroatoms. The second kappa shape index (κ2) is 5.11. The van der Waals surface area contributed by atoms with E-state index < -0.39 is 9.84 Å². The fourth-order valence-corrected chi connectivity index (χ4v) is 1.83. The van der Waals surface area contributed by atoms with Gasteiger partial charge in [0, 0.05) is 24.7 Å². The summed E-state index contributed by atoms with van der Waals surface area (Å²) in [7, 11) is -0.885. The predicted molar refractivity (Wildman–Crippen MR) is 51.0 cm³/mol. The molecule has 0 aliphatic carbocycles. The fourth-order valence-electron chi connectivity index (χ4n) is 0.578. The zero-order valence-electron chi connectivity index (χ0n) is 6.88. The van der Waals surface area contributed by atoms with Gasteiger partial charge in [0.15, 0.2) is 0 Å². The Bertz CT molecular complexity index is 191. The lowest BCUT2D eigenvalue weighted by Gasteiger charge is -2.13. The van der Waals surface area contributed by atoms with E-state index in [0.717, 1.165) is 11.9 Å². The molecule has 0 saturated heterocycles. The number of rotatable bonds is 5. The third kappa shape index (κ3) is 8.29. The first-order valence-electron chi connectivity index (χ1n) is 3.38. The van der Waals surface area contributed by atoms with E-state index in [2.05, 4.69) is 15.9 Å². The van der Waals surface area contributed by atoms with Crippen LogP contribution in [-0.2, 0) is 9.84 Å². The molecule has 0 radical (unpaired) electrons. The molecular formula is C6H14BrNO2S. The molecule has 0 saturated carbocycles. The Hall–Kier alpha value is 0.390. The average molecular weight is 244 g/mol. The summed E-state index contributed by atoms with van der Waals surface area (Å²) in [5.41, 5.74) is 0. The first-order valence-corrected chi connectivity index (χ1v) is 6.56. The first kappa shape index (κ1) is 11.4. The van der Waals surface area contributed by atoms with Gasteiger partial charge in [0.25, 0.3) is 0 Å². The van der Waals surface area contributed by atoms with E-state index in [-0.39, 0.29) is 5.75 Å². The van der Waals surface area contributed by atoms with E-state index in [1.165, 1.54) is 6.26 Å². The summed E-state index contributed by atoms with van der Waals surface area (Å²) in [6.07, 6.45) is 1.26. The van der Waals surface area contributed by atoms with Crippen molar-refractivity contribution in [2.75, 3.05) is 37.5 Å². The second-order valence-electron chi connectivity index (χ2n) is 2.62. The standard InChI is InChI=1S/C6H14BrNO2S/c1-8(4-3-7)5-6-11(2,9)10/h3-6H2,1-2H3. The molecule has 0 aliphatic heterocycles. The van der Waals surface area contributed by atoms with E-state index in [1.54, 1.807) is 0 Å². The molecule has 3 nitrogen and oxygen atoms in total. The molecule has 0 amide bonds. The molecule has 0 N–H and O–H groups in total. The van der Waals surface area contributed by atoms with Gasteiger partial charge in [0.2, 0.25) is 0 Å². The maximum absolute atomic E-state index is 10.7. The van der Waals surface area contributed by atoms with Crippen LogP contribution in [0.3, 0.4) is 0 Å². The van der Waals surface area contributed by atoms with Gasteiger partial charge in [0.05, 0.1) is 5.75 Å². The lowest BCUT2D eigenvalue weighted by atomic mass is 10.6. The molecule has 0 rings (SSSR count). The Labute approximate surface area is 76.8 Å². The Balaban J connectivity index is 3.54. The molecule has 0 aromatic rings. The zero-order chi connectivity index (χ0) is 8.91. The van der Waals surface area contributed by atoms with Gasteiger partial charge in [-0.1, -0.05) is 15.9 Å². The molecule has 0 fully saturated rings. The Morgan fingerprint density at radius 1 is 1.36 bits per heavy atom. The van der Waals surface area contributed by atoms with Gasteiger partial charge < -0.3 is 4.90 Å². The zero-order valence-corrected chi connectivity index (χ0v) is 9.28. The highest BCUT2D eigenvalue weighted by atomic mass is 79.9. The van der Waals surface area contributed by atoms with Crippen LogP contribution in [0.5, 0.6) is 0 Å². The second-order valence-corrected chi connectivity index (χ2v) is 5.67. The molecule has 0 aliphatic rings. The maximum atomic E-state index is 10.7. The molecular weight excluding hydrogens is 230 g/mol. The molecule has 0 atom stereocenters. The van der Waals surface area contributed by atoms with Crippen molar-refractivity contribution in [1.82, 2.24) is 4.90 Å². The van der Waals surface area contributed by atoms with Gasteiger partial charge in [-0.2, -0.15) is 0 Å². The molecule has 0 bridgehead atoms. The summed E-state index contributed by atoms with van der Waals surface area (Å²) in [6.45, 7) is 1.50. The topological polar surface area (TPSA) is 37.4 Å². The quantitative estimate of drug-likeness (QED) is 0.655. The molecule has 0 heterocycles. The molecule has 0 aromatic carbocycles. The van der Waals surface area contributed by atoms with E-state index in [0.29, 0.717) is 6.54 Å². The van der Waals surface area contributed by atoms with E-state index in [4.69, 9.17) is 0 Å². The van der Waals surface area contributed by atoms with E-state index >= 15 is 0 Å². The van der Waals surface area contributed by atoms with Crippen LogP contribution in [0.15, 0.2) is 0 Å². The summed E-state index contributed by atoms with van der Waals surface area (Å²) >= 11 is 3.28. The SMILES string of the molecule is CN(CCBr)CCS(C)(=O)=O. The van der Waals surface area contributed by atoms with Crippen LogP contribution in [0.1, 0.15) is 0 Å². The number of hydrogen-bond donors (Lipinski definition) is 0. The normalized spacial score (nSPS) is 12.4. The third-order valence-electron chi connectivity index (χ3n) is 1.31. The third-order valence-corrected chi connectivity index (χ3v) is 2.59. The van der Waals surface area contributed by atoms with Gasteiger partial charge in [-0.3, -0.25) is 0 Å². The van der Waals surface area contributed by atoms with Crippen LogP contribution >= 0.6 is 15.9 Å². The van der Waals surface area contributed by atoms with Crippen molar-refractivity contribution in [3.05, 3.63) is 0 Å². The number of sulfone groups is 1. The lowest BCUT2D eigenvalue weighted by Crippen LogP contribution is -2.26. The summed E-state index contributed by atoms with van der Waals surface area (Å²) in [4.78, 5) is 1.98. The minimum Gasteiger partial charge on any atom is -0.305 e. The summed E-state index contributed by atoms with van der Waals surface area (Å²) in [6, 6.07) is 0. The van der Waals surface area contributed by atoms with Crippen molar-refractivity contribution < 1.29 is 8.42 Å². The molecule has 68 valence electrons.